The largest absolute Gasteiger partial charge is 0.508 e. The average molecular weight is 336 g/mol. The number of aromatic nitrogens is 1. The smallest absolute Gasteiger partial charge is 0.263 e. The first-order valence-electron chi connectivity index (χ1n) is 7.89. The number of oxime groups is 1. The molecule has 1 aromatic heterocycles. The van der Waals surface area contributed by atoms with Crippen molar-refractivity contribution >= 4 is 16.6 Å². The molecule has 2 N–H and O–H groups in total. The molecule has 0 amide bonds. The maximum absolute atomic E-state index is 12.7. The van der Waals surface area contributed by atoms with Gasteiger partial charge in [-0.1, -0.05) is 35.5 Å². The highest BCUT2D eigenvalue weighted by Crippen LogP contribution is 2.36. The number of hydrogen-bond acceptors (Lipinski definition) is 5. The van der Waals surface area contributed by atoms with Crippen molar-refractivity contribution in [2.75, 3.05) is 0 Å². The molecular formula is C19H16N2O4. The van der Waals surface area contributed by atoms with Gasteiger partial charge in [0.15, 0.2) is 6.10 Å². The van der Waals surface area contributed by atoms with Crippen LogP contribution in [-0.4, -0.2) is 20.5 Å². The molecule has 2 aromatic carbocycles. The van der Waals surface area contributed by atoms with Crippen molar-refractivity contribution in [3.05, 3.63) is 70.0 Å². The number of rotatable bonds is 2. The Bertz CT molecular complexity index is 1070. The topological polar surface area (TPSA) is 84.1 Å². The predicted molar refractivity (Wildman–Crippen MR) is 93.9 cm³/mol. The molecule has 0 aliphatic carbocycles. The van der Waals surface area contributed by atoms with Gasteiger partial charge in [-0.3, -0.25) is 4.79 Å². The minimum absolute atomic E-state index is 0.0982. The lowest BCUT2D eigenvalue weighted by Gasteiger charge is -2.12. The molecule has 0 fully saturated rings. The van der Waals surface area contributed by atoms with Gasteiger partial charge in [0.05, 0.1) is 5.52 Å². The standard InChI is InChI=1S/C19H16N2O4/c1-21-14-8-4-2-6-11(14)18(23)17(19(21)24)13-10-16(25-20-13)12-7-3-5-9-15(12)22/h2-9,16,22-23H,10H2,1H3/t16-/m1/s1. The summed E-state index contributed by atoms with van der Waals surface area (Å²) in [6, 6.07) is 14.0. The molecular weight excluding hydrogens is 320 g/mol. The van der Waals surface area contributed by atoms with E-state index in [9.17, 15) is 15.0 Å². The third-order valence-corrected chi connectivity index (χ3v) is 4.52. The minimum Gasteiger partial charge on any atom is -0.508 e. The number of phenolic OH excluding ortho intramolecular Hbond substituents is 1. The number of nitrogens with zero attached hydrogens (tertiary/aromatic N) is 2. The Hall–Kier alpha value is -3.28. The van der Waals surface area contributed by atoms with Gasteiger partial charge in [0.1, 0.15) is 22.8 Å². The Morgan fingerprint density at radius 2 is 1.84 bits per heavy atom. The number of aromatic hydroxyl groups is 2. The second kappa shape index (κ2) is 5.66. The molecule has 1 atom stereocenters. The van der Waals surface area contributed by atoms with E-state index in [1.807, 2.05) is 6.07 Å². The molecule has 2 heterocycles. The SMILES string of the molecule is Cn1c(=O)c(C2=NO[C@@H](c3ccccc3O)C2)c(O)c2ccccc21. The van der Waals surface area contributed by atoms with Gasteiger partial charge in [0.2, 0.25) is 0 Å². The monoisotopic (exact) mass is 336 g/mol. The fourth-order valence-corrected chi connectivity index (χ4v) is 3.19. The number of aryl methyl sites for hydroxylation is 1. The highest BCUT2D eigenvalue weighted by molar-refractivity contribution is 6.07. The summed E-state index contributed by atoms with van der Waals surface area (Å²) in [6.45, 7) is 0. The second-order valence-electron chi connectivity index (χ2n) is 6.00. The summed E-state index contributed by atoms with van der Waals surface area (Å²) in [7, 11) is 1.66. The molecule has 1 aliphatic heterocycles. The molecule has 0 saturated heterocycles. The number of pyridine rings is 1. The van der Waals surface area contributed by atoms with Crippen LogP contribution < -0.4 is 5.56 Å². The van der Waals surface area contributed by atoms with Crippen LogP contribution in [0.25, 0.3) is 10.9 Å². The second-order valence-corrected chi connectivity index (χ2v) is 6.00. The predicted octanol–water partition coefficient (Wildman–Crippen LogP) is 2.82. The number of fused-ring (bicyclic) bond motifs is 1. The molecule has 1 aliphatic rings. The first-order valence-corrected chi connectivity index (χ1v) is 7.89. The van der Waals surface area contributed by atoms with E-state index in [0.717, 1.165) is 0 Å². The van der Waals surface area contributed by atoms with Crippen LogP contribution in [0.15, 0.2) is 58.5 Å². The highest BCUT2D eigenvalue weighted by Gasteiger charge is 2.30. The van der Waals surface area contributed by atoms with Crippen molar-refractivity contribution in [3.63, 3.8) is 0 Å². The normalized spacial score (nSPS) is 16.7. The summed E-state index contributed by atoms with van der Waals surface area (Å²) >= 11 is 0. The Labute approximate surface area is 143 Å². The zero-order valence-corrected chi connectivity index (χ0v) is 13.5. The maximum Gasteiger partial charge on any atom is 0.263 e. The highest BCUT2D eigenvalue weighted by atomic mass is 16.6. The summed E-state index contributed by atoms with van der Waals surface area (Å²) in [5.41, 5.74) is 1.41. The summed E-state index contributed by atoms with van der Waals surface area (Å²) in [5.74, 6) is 0.0126. The fraction of sp³-hybridized carbons (Fsp3) is 0.158. The van der Waals surface area contributed by atoms with E-state index < -0.39 is 6.10 Å². The molecule has 0 spiro atoms. The fourth-order valence-electron chi connectivity index (χ4n) is 3.19. The molecule has 4 rings (SSSR count). The Morgan fingerprint density at radius 1 is 1.12 bits per heavy atom. The first-order chi connectivity index (χ1) is 12.1. The van der Waals surface area contributed by atoms with Crippen LogP contribution in [0.1, 0.15) is 23.7 Å². The van der Waals surface area contributed by atoms with Crippen molar-refractivity contribution in [1.29, 1.82) is 0 Å². The lowest BCUT2D eigenvalue weighted by Crippen LogP contribution is -2.24. The lowest BCUT2D eigenvalue weighted by molar-refractivity contribution is 0.0838. The third kappa shape index (κ3) is 2.34. The lowest BCUT2D eigenvalue weighted by atomic mass is 9.98. The third-order valence-electron chi connectivity index (χ3n) is 4.52. The van der Waals surface area contributed by atoms with Crippen LogP contribution in [0.5, 0.6) is 11.5 Å². The van der Waals surface area contributed by atoms with Crippen molar-refractivity contribution in [2.24, 2.45) is 12.2 Å². The van der Waals surface area contributed by atoms with Crippen LogP contribution in [0, 0.1) is 0 Å². The summed E-state index contributed by atoms with van der Waals surface area (Å²) < 4.78 is 1.49. The quantitative estimate of drug-likeness (QED) is 0.754. The zero-order valence-electron chi connectivity index (χ0n) is 13.5. The first kappa shape index (κ1) is 15.3. The van der Waals surface area contributed by atoms with Crippen molar-refractivity contribution in [1.82, 2.24) is 4.57 Å². The number of para-hydroxylation sites is 2. The summed E-state index contributed by atoms with van der Waals surface area (Å²) in [5, 5.41) is 25.2. The molecule has 6 heteroatoms. The Kier molecular flexibility index (Phi) is 3.46. The molecule has 0 bridgehead atoms. The van der Waals surface area contributed by atoms with Gasteiger partial charge in [0, 0.05) is 24.4 Å². The number of benzene rings is 2. The number of hydrogen-bond donors (Lipinski definition) is 2. The van der Waals surface area contributed by atoms with Crippen LogP contribution >= 0.6 is 0 Å². The van der Waals surface area contributed by atoms with Gasteiger partial charge >= 0.3 is 0 Å². The molecule has 0 saturated carbocycles. The van der Waals surface area contributed by atoms with E-state index >= 15 is 0 Å². The van der Waals surface area contributed by atoms with Gasteiger partial charge in [0.25, 0.3) is 5.56 Å². The van der Waals surface area contributed by atoms with Crippen molar-refractivity contribution < 1.29 is 15.1 Å². The van der Waals surface area contributed by atoms with E-state index in [-0.39, 0.29) is 22.6 Å². The Morgan fingerprint density at radius 3 is 2.64 bits per heavy atom. The van der Waals surface area contributed by atoms with E-state index in [1.54, 1.807) is 49.5 Å². The molecule has 25 heavy (non-hydrogen) atoms. The maximum atomic E-state index is 12.7. The van der Waals surface area contributed by atoms with Gasteiger partial charge in [-0.05, 0) is 18.2 Å². The van der Waals surface area contributed by atoms with Crippen LogP contribution in [0.4, 0.5) is 0 Å². The zero-order chi connectivity index (χ0) is 17.6. The molecule has 126 valence electrons. The summed E-state index contributed by atoms with van der Waals surface area (Å²) in [6.07, 6.45) is -0.203. The van der Waals surface area contributed by atoms with Crippen molar-refractivity contribution in [2.45, 2.75) is 12.5 Å². The molecule has 0 radical (unpaired) electrons. The Balaban J connectivity index is 1.79. The van der Waals surface area contributed by atoms with E-state index in [2.05, 4.69) is 5.16 Å². The average Bonchev–Trinajstić information content (AvgIpc) is 3.10. The van der Waals surface area contributed by atoms with Gasteiger partial charge < -0.3 is 19.6 Å². The molecule has 0 unspecified atom stereocenters. The van der Waals surface area contributed by atoms with Gasteiger partial charge in [-0.25, -0.2) is 0 Å². The molecule has 6 nitrogen and oxygen atoms in total. The van der Waals surface area contributed by atoms with Gasteiger partial charge in [-0.2, -0.15) is 0 Å². The van der Waals surface area contributed by atoms with Crippen LogP contribution in [0.3, 0.4) is 0 Å². The van der Waals surface area contributed by atoms with E-state index in [0.29, 0.717) is 28.6 Å². The van der Waals surface area contributed by atoms with Crippen molar-refractivity contribution in [3.8, 4) is 11.5 Å². The van der Waals surface area contributed by atoms with E-state index in [1.165, 1.54) is 4.57 Å². The van der Waals surface area contributed by atoms with Gasteiger partial charge in [-0.15, -0.1) is 0 Å². The van der Waals surface area contributed by atoms with Crippen LogP contribution in [-0.2, 0) is 11.9 Å². The van der Waals surface area contributed by atoms with Crippen LogP contribution in [0.2, 0.25) is 0 Å². The van der Waals surface area contributed by atoms with E-state index in [4.69, 9.17) is 4.84 Å². The number of phenols is 1. The minimum atomic E-state index is -0.494. The molecule has 3 aromatic rings. The summed E-state index contributed by atoms with van der Waals surface area (Å²) in [4.78, 5) is 18.1.